The summed E-state index contributed by atoms with van der Waals surface area (Å²) in [6, 6.07) is 18.6. The predicted molar refractivity (Wildman–Crippen MR) is 89.0 cm³/mol. The minimum atomic E-state index is -0.404. The molecule has 22 heavy (non-hydrogen) atoms. The van der Waals surface area contributed by atoms with E-state index in [-0.39, 0.29) is 11.8 Å². The van der Waals surface area contributed by atoms with E-state index in [2.05, 4.69) is 6.07 Å². The van der Waals surface area contributed by atoms with E-state index in [1.165, 1.54) is 0 Å². The van der Waals surface area contributed by atoms with Gasteiger partial charge in [-0.1, -0.05) is 42.5 Å². The van der Waals surface area contributed by atoms with Gasteiger partial charge < -0.3 is 4.90 Å². The average Bonchev–Trinajstić information content (AvgIpc) is 2.55. The number of ketones is 1. The highest BCUT2D eigenvalue weighted by Crippen LogP contribution is 2.23. The number of nitriles is 1. The van der Waals surface area contributed by atoms with Crippen LogP contribution in [0.15, 0.2) is 54.6 Å². The highest BCUT2D eigenvalue weighted by Gasteiger charge is 2.26. The van der Waals surface area contributed by atoms with Gasteiger partial charge in [0.05, 0.1) is 12.1 Å². The molecule has 3 nitrogen and oxygen atoms in total. The van der Waals surface area contributed by atoms with Crippen molar-refractivity contribution < 1.29 is 4.79 Å². The van der Waals surface area contributed by atoms with Crippen molar-refractivity contribution in [2.45, 2.75) is 32.9 Å². The van der Waals surface area contributed by atoms with Crippen molar-refractivity contribution in [1.29, 1.82) is 5.26 Å². The first-order valence-electron chi connectivity index (χ1n) is 7.38. The molecule has 0 aliphatic carbocycles. The van der Waals surface area contributed by atoms with E-state index >= 15 is 0 Å². The van der Waals surface area contributed by atoms with Crippen LogP contribution in [0.3, 0.4) is 0 Å². The smallest absolute Gasteiger partial charge is 0.184 e. The Balaban J connectivity index is 2.38. The molecule has 0 bridgehead atoms. The Morgan fingerprint density at radius 3 is 2.36 bits per heavy atom. The summed E-state index contributed by atoms with van der Waals surface area (Å²) in [6.07, 6.45) is 0. The summed E-state index contributed by atoms with van der Waals surface area (Å²) in [6.45, 7) is 5.67. The Labute approximate surface area is 131 Å². The van der Waals surface area contributed by atoms with Gasteiger partial charge in [0.1, 0.15) is 6.04 Å². The van der Waals surface area contributed by atoms with Crippen LogP contribution in [-0.4, -0.2) is 17.9 Å². The third-order valence-corrected chi connectivity index (χ3v) is 3.76. The van der Waals surface area contributed by atoms with Gasteiger partial charge in [0, 0.05) is 11.3 Å². The van der Waals surface area contributed by atoms with Crippen LogP contribution in [0.2, 0.25) is 0 Å². The molecular weight excluding hydrogens is 272 g/mol. The van der Waals surface area contributed by atoms with Crippen LogP contribution in [-0.2, 0) is 0 Å². The molecule has 0 heterocycles. The van der Waals surface area contributed by atoms with Gasteiger partial charge in [-0.3, -0.25) is 4.79 Å². The lowest BCUT2D eigenvalue weighted by Gasteiger charge is -2.32. The maximum atomic E-state index is 12.7. The van der Waals surface area contributed by atoms with Crippen LogP contribution in [0.1, 0.15) is 29.8 Å². The van der Waals surface area contributed by atoms with Crippen molar-refractivity contribution in [3.8, 4) is 6.07 Å². The van der Waals surface area contributed by atoms with Gasteiger partial charge in [-0.15, -0.1) is 0 Å². The van der Waals surface area contributed by atoms with Crippen molar-refractivity contribution in [2.24, 2.45) is 0 Å². The Morgan fingerprint density at radius 1 is 1.09 bits per heavy atom. The highest BCUT2D eigenvalue weighted by atomic mass is 16.1. The molecule has 2 aromatic carbocycles. The molecule has 112 valence electrons. The third-order valence-electron chi connectivity index (χ3n) is 3.76. The summed E-state index contributed by atoms with van der Waals surface area (Å²) in [5.74, 6) is 0.0178. The number of nitrogens with zero attached hydrogens (tertiary/aromatic N) is 2. The van der Waals surface area contributed by atoms with Crippen LogP contribution >= 0.6 is 0 Å². The van der Waals surface area contributed by atoms with Gasteiger partial charge in [-0.2, -0.15) is 5.26 Å². The highest BCUT2D eigenvalue weighted by molar-refractivity contribution is 6.01. The molecule has 0 aromatic heterocycles. The molecule has 2 atom stereocenters. The van der Waals surface area contributed by atoms with Crippen LogP contribution in [0.4, 0.5) is 5.69 Å². The largest absolute Gasteiger partial charge is 0.346 e. The van der Waals surface area contributed by atoms with Crippen molar-refractivity contribution in [3.63, 3.8) is 0 Å². The first-order chi connectivity index (χ1) is 10.5. The van der Waals surface area contributed by atoms with Gasteiger partial charge >= 0.3 is 0 Å². The van der Waals surface area contributed by atoms with E-state index in [9.17, 15) is 10.1 Å². The molecule has 0 amide bonds. The zero-order valence-corrected chi connectivity index (χ0v) is 13.2. The number of hydrogen-bond acceptors (Lipinski definition) is 3. The predicted octanol–water partition coefficient (Wildman–Crippen LogP) is 3.98. The normalized spacial score (nSPS) is 13.0. The van der Waals surface area contributed by atoms with Gasteiger partial charge in [0.15, 0.2) is 5.78 Å². The van der Waals surface area contributed by atoms with E-state index in [1.54, 1.807) is 0 Å². The topological polar surface area (TPSA) is 44.1 Å². The molecule has 0 spiro atoms. The number of carbonyl (C=O) groups is 1. The Morgan fingerprint density at radius 2 is 1.77 bits per heavy atom. The van der Waals surface area contributed by atoms with E-state index in [1.807, 2.05) is 80.3 Å². The van der Waals surface area contributed by atoms with Crippen LogP contribution < -0.4 is 4.90 Å². The number of rotatable bonds is 5. The summed E-state index contributed by atoms with van der Waals surface area (Å²) in [4.78, 5) is 14.6. The molecular formula is C19H20N2O. The standard InChI is InChI=1S/C19H20N2O/c1-14-8-7-11-18(12-14)21(15(2)13-20)16(3)19(22)17-9-5-4-6-10-17/h4-12,15-16H,1-3H3. The summed E-state index contributed by atoms with van der Waals surface area (Å²) in [5, 5.41) is 9.33. The molecule has 0 N–H and O–H groups in total. The SMILES string of the molecule is Cc1cccc(N(C(C)C#N)C(C)C(=O)c2ccccc2)c1. The average molecular weight is 292 g/mol. The molecule has 2 unspecified atom stereocenters. The fourth-order valence-corrected chi connectivity index (χ4v) is 2.60. The number of anilines is 1. The van der Waals surface area contributed by atoms with Crippen LogP contribution in [0, 0.1) is 18.3 Å². The number of carbonyl (C=O) groups excluding carboxylic acids is 1. The van der Waals surface area contributed by atoms with Crippen LogP contribution in [0.5, 0.6) is 0 Å². The second kappa shape index (κ2) is 6.91. The number of aryl methyl sites for hydroxylation is 1. The third kappa shape index (κ3) is 3.35. The lowest BCUT2D eigenvalue weighted by atomic mass is 10.0. The maximum absolute atomic E-state index is 12.7. The van der Waals surface area contributed by atoms with Crippen molar-refractivity contribution >= 4 is 11.5 Å². The molecule has 0 aliphatic rings. The molecule has 0 saturated carbocycles. The van der Waals surface area contributed by atoms with E-state index in [0.29, 0.717) is 5.56 Å². The van der Waals surface area contributed by atoms with Crippen molar-refractivity contribution in [1.82, 2.24) is 0 Å². The Kier molecular flexibility index (Phi) is 4.95. The minimum Gasteiger partial charge on any atom is -0.346 e. The van der Waals surface area contributed by atoms with E-state index in [4.69, 9.17) is 0 Å². The molecule has 0 fully saturated rings. The second-order valence-electron chi connectivity index (χ2n) is 5.46. The van der Waals surface area contributed by atoms with E-state index < -0.39 is 6.04 Å². The monoisotopic (exact) mass is 292 g/mol. The summed E-state index contributed by atoms with van der Waals surface area (Å²) in [7, 11) is 0. The van der Waals surface area contributed by atoms with E-state index in [0.717, 1.165) is 11.3 Å². The van der Waals surface area contributed by atoms with Gasteiger partial charge in [0.25, 0.3) is 0 Å². The van der Waals surface area contributed by atoms with Gasteiger partial charge in [0.2, 0.25) is 0 Å². The molecule has 0 aliphatic heterocycles. The molecule has 0 saturated heterocycles. The zero-order valence-electron chi connectivity index (χ0n) is 13.2. The lowest BCUT2D eigenvalue weighted by molar-refractivity contribution is 0.0962. The first kappa shape index (κ1) is 15.8. The summed E-state index contributed by atoms with van der Waals surface area (Å²) < 4.78 is 0. The Hall–Kier alpha value is -2.60. The number of hydrogen-bond donors (Lipinski definition) is 0. The van der Waals surface area contributed by atoms with Gasteiger partial charge in [-0.25, -0.2) is 0 Å². The van der Waals surface area contributed by atoms with Gasteiger partial charge in [-0.05, 0) is 38.5 Å². The Bertz CT molecular complexity index is 688. The summed E-state index contributed by atoms with van der Waals surface area (Å²) >= 11 is 0. The molecule has 3 heteroatoms. The van der Waals surface area contributed by atoms with Crippen molar-refractivity contribution in [2.75, 3.05) is 4.90 Å². The van der Waals surface area contributed by atoms with Crippen LogP contribution in [0.25, 0.3) is 0 Å². The minimum absolute atomic E-state index is 0.0178. The zero-order chi connectivity index (χ0) is 16.1. The van der Waals surface area contributed by atoms with Crippen molar-refractivity contribution in [3.05, 3.63) is 65.7 Å². The maximum Gasteiger partial charge on any atom is 0.184 e. The quantitative estimate of drug-likeness (QED) is 0.783. The number of benzene rings is 2. The second-order valence-corrected chi connectivity index (χ2v) is 5.46. The fraction of sp³-hybridized carbons (Fsp3) is 0.263. The molecule has 0 radical (unpaired) electrons. The molecule has 2 rings (SSSR count). The molecule has 2 aromatic rings. The lowest BCUT2D eigenvalue weighted by Crippen LogP contribution is -2.44. The first-order valence-corrected chi connectivity index (χ1v) is 7.38. The number of Topliss-reactive ketones (excluding diaryl/α,β-unsaturated/α-hetero) is 1. The summed E-state index contributed by atoms with van der Waals surface area (Å²) in [5.41, 5.74) is 2.66. The fourth-order valence-electron chi connectivity index (χ4n) is 2.60.